The van der Waals surface area contributed by atoms with E-state index in [1.807, 2.05) is 0 Å². The van der Waals surface area contributed by atoms with E-state index in [1.54, 1.807) is 18.3 Å². The summed E-state index contributed by atoms with van der Waals surface area (Å²) >= 11 is 0. The van der Waals surface area contributed by atoms with Gasteiger partial charge in [-0.2, -0.15) is 0 Å². The van der Waals surface area contributed by atoms with Gasteiger partial charge in [-0.15, -0.1) is 0 Å². The Morgan fingerprint density at radius 2 is 2.05 bits per heavy atom. The molecule has 5 heteroatoms. The zero-order valence-corrected chi connectivity index (χ0v) is 11.1. The summed E-state index contributed by atoms with van der Waals surface area (Å²) in [5.41, 5.74) is 0.595. The molecule has 1 aliphatic heterocycles. The minimum absolute atomic E-state index is 0.0505. The molecule has 1 aromatic heterocycles. The first kappa shape index (κ1) is 13.8. The van der Waals surface area contributed by atoms with Crippen LogP contribution in [0.5, 0.6) is 0 Å². The molecule has 2 heterocycles. The first-order valence-corrected chi connectivity index (χ1v) is 6.92. The van der Waals surface area contributed by atoms with Gasteiger partial charge < -0.3 is 15.3 Å². The minimum atomic E-state index is -0.165. The lowest BCUT2D eigenvalue weighted by atomic mass is 10.2. The molecule has 0 saturated carbocycles. The number of aromatic nitrogens is 1. The van der Waals surface area contributed by atoms with Crippen molar-refractivity contribution in [1.29, 1.82) is 0 Å². The molecule has 0 spiro atoms. The van der Waals surface area contributed by atoms with Gasteiger partial charge in [0.15, 0.2) is 0 Å². The molecule has 0 aliphatic carbocycles. The molecular formula is C14H21N3O2. The van der Waals surface area contributed by atoms with E-state index in [2.05, 4.69) is 15.2 Å². The molecule has 0 radical (unpaired) electrons. The Labute approximate surface area is 113 Å². The second kappa shape index (κ2) is 7.09. The van der Waals surface area contributed by atoms with Crippen LogP contribution in [0.3, 0.4) is 0 Å². The number of carbonyl (C=O) groups excluding carboxylic acids is 1. The van der Waals surface area contributed by atoms with Gasteiger partial charge in [0.1, 0.15) is 5.82 Å². The van der Waals surface area contributed by atoms with Gasteiger partial charge in [-0.05, 0) is 25.0 Å². The van der Waals surface area contributed by atoms with Crippen molar-refractivity contribution in [2.75, 3.05) is 31.1 Å². The van der Waals surface area contributed by atoms with Gasteiger partial charge in [0.25, 0.3) is 5.91 Å². The van der Waals surface area contributed by atoms with Gasteiger partial charge in [-0.1, -0.05) is 12.8 Å². The quantitative estimate of drug-likeness (QED) is 0.856. The molecule has 1 saturated heterocycles. The van der Waals surface area contributed by atoms with Crippen LogP contribution in [0.2, 0.25) is 0 Å². The van der Waals surface area contributed by atoms with Crippen LogP contribution in [-0.4, -0.2) is 42.2 Å². The molecule has 104 valence electrons. The van der Waals surface area contributed by atoms with Gasteiger partial charge in [0.2, 0.25) is 0 Å². The fourth-order valence-electron chi connectivity index (χ4n) is 2.37. The molecule has 0 unspecified atom stereocenters. The summed E-state index contributed by atoms with van der Waals surface area (Å²) in [7, 11) is 0. The molecule has 1 aliphatic rings. The van der Waals surface area contributed by atoms with Crippen molar-refractivity contribution in [3.63, 3.8) is 0 Å². The van der Waals surface area contributed by atoms with E-state index in [0.29, 0.717) is 5.56 Å². The van der Waals surface area contributed by atoms with Crippen LogP contribution in [0.25, 0.3) is 0 Å². The van der Waals surface area contributed by atoms with E-state index >= 15 is 0 Å². The molecule has 0 bridgehead atoms. The molecule has 2 rings (SSSR count). The van der Waals surface area contributed by atoms with Crippen molar-refractivity contribution in [3.05, 3.63) is 23.9 Å². The molecule has 1 fully saturated rings. The molecule has 19 heavy (non-hydrogen) atoms. The first-order chi connectivity index (χ1) is 9.33. The number of nitrogens with zero attached hydrogens (tertiary/aromatic N) is 2. The number of hydrogen-bond acceptors (Lipinski definition) is 4. The Kier molecular flexibility index (Phi) is 5.15. The summed E-state index contributed by atoms with van der Waals surface area (Å²) in [5, 5.41) is 11.5. The van der Waals surface area contributed by atoms with Crippen LogP contribution in [0.4, 0.5) is 5.82 Å². The Hall–Kier alpha value is -1.62. The van der Waals surface area contributed by atoms with Crippen molar-refractivity contribution in [2.45, 2.75) is 25.7 Å². The number of hydrogen-bond donors (Lipinski definition) is 2. The highest BCUT2D eigenvalue weighted by molar-refractivity contribution is 5.98. The van der Waals surface area contributed by atoms with Crippen molar-refractivity contribution in [3.8, 4) is 0 Å². The molecule has 0 aromatic carbocycles. The SMILES string of the molecule is O=C(NCCO)c1cccnc1N1CCCCCC1. The highest BCUT2D eigenvalue weighted by Gasteiger charge is 2.18. The third-order valence-corrected chi connectivity index (χ3v) is 3.33. The van der Waals surface area contributed by atoms with Gasteiger partial charge in [-0.3, -0.25) is 4.79 Å². The summed E-state index contributed by atoms with van der Waals surface area (Å²) in [6, 6.07) is 3.56. The van der Waals surface area contributed by atoms with E-state index in [4.69, 9.17) is 5.11 Å². The van der Waals surface area contributed by atoms with E-state index in [1.165, 1.54) is 12.8 Å². The number of aliphatic hydroxyl groups is 1. The number of carbonyl (C=O) groups is 1. The minimum Gasteiger partial charge on any atom is -0.395 e. The predicted molar refractivity (Wildman–Crippen MR) is 74.3 cm³/mol. The summed E-state index contributed by atoms with van der Waals surface area (Å²) < 4.78 is 0. The molecule has 2 N–H and O–H groups in total. The van der Waals surface area contributed by atoms with Crippen molar-refractivity contribution in [1.82, 2.24) is 10.3 Å². The fraction of sp³-hybridized carbons (Fsp3) is 0.571. The monoisotopic (exact) mass is 263 g/mol. The number of anilines is 1. The van der Waals surface area contributed by atoms with Crippen LogP contribution in [0.1, 0.15) is 36.0 Å². The second-order valence-corrected chi connectivity index (χ2v) is 4.76. The average Bonchev–Trinajstić information content (AvgIpc) is 2.73. The van der Waals surface area contributed by atoms with Crippen molar-refractivity contribution in [2.24, 2.45) is 0 Å². The van der Waals surface area contributed by atoms with E-state index in [9.17, 15) is 4.79 Å². The van der Waals surface area contributed by atoms with E-state index in [0.717, 1.165) is 31.7 Å². The lowest BCUT2D eigenvalue weighted by Gasteiger charge is -2.23. The van der Waals surface area contributed by atoms with E-state index in [-0.39, 0.29) is 19.1 Å². The molecule has 1 aromatic rings. The smallest absolute Gasteiger partial charge is 0.255 e. The second-order valence-electron chi connectivity index (χ2n) is 4.76. The number of aliphatic hydroxyl groups excluding tert-OH is 1. The average molecular weight is 263 g/mol. The third kappa shape index (κ3) is 3.67. The maximum absolute atomic E-state index is 12.1. The van der Waals surface area contributed by atoms with Gasteiger partial charge in [0, 0.05) is 25.8 Å². The van der Waals surface area contributed by atoms with Gasteiger partial charge >= 0.3 is 0 Å². The van der Waals surface area contributed by atoms with Crippen molar-refractivity contribution >= 4 is 11.7 Å². The first-order valence-electron chi connectivity index (χ1n) is 6.92. The third-order valence-electron chi connectivity index (χ3n) is 3.33. The molecule has 5 nitrogen and oxygen atoms in total. The number of nitrogens with one attached hydrogen (secondary N) is 1. The number of rotatable bonds is 4. The zero-order valence-electron chi connectivity index (χ0n) is 11.1. The Morgan fingerprint density at radius 1 is 1.32 bits per heavy atom. The standard InChI is InChI=1S/C14H21N3O2/c18-11-8-16-14(19)12-6-5-7-15-13(12)17-9-3-1-2-4-10-17/h5-7,18H,1-4,8-11H2,(H,16,19). The molecular weight excluding hydrogens is 242 g/mol. The number of pyridine rings is 1. The highest BCUT2D eigenvalue weighted by Crippen LogP contribution is 2.21. The number of amides is 1. The van der Waals surface area contributed by atoms with E-state index < -0.39 is 0 Å². The maximum Gasteiger partial charge on any atom is 0.255 e. The normalized spacial score (nSPS) is 15.9. The fourth-order valence-corrected chi connectivity index (χ4v) is 2.37. The zero-order chi connectivity index (χ0) is 13.5. The lowest BCUT2D eigenvalue weighted by molar-refractivity contribution is 0.0945. The summed E-state index contributed by atoms with van der Waals surface area (Å²) in [4.78, 5) is 18.6. The van der Waals surface area contributed by atoms with Crippen molar-refractivity contribution < 1.29 is 9.90 Å². The molecule has 1 amide bonds. The topological polar surface area (TPSA) is 65.5 Å². The maximum atomic E-state index is 12.1. The summed E-state index contributed by atoms with van der Waals surface area (Å²) in [6.45, 7) is 2.13. The largest absolute Gasteiger partial charge is 0.395 e. The Balaban J connectivity index is 2.17. The van der Waals surface area contributed by atoms with Crippen LogP contribution >= 0.6 is 0 Å². The molecule has 0 atom stereocenters. The van der Waals surface area contributed by atoms with Crippen LogP contribution in [-0.2, 0) is 0 Å². The summed E-state index contributed by atoms with van der Waals surface area (Å²) in [6.07, 6.45) is 6.51. The van der Waals surface area contributed by atoms with Gasteiger partial charge in [0.05, 0.1) is 12.2 Å². The van der Waals surface area contributed by atoms with Crippen LogP contribution < -0.4 is 10.2 Å². The van der Waals surface area contributed by atoms with Crippen LogP contribution in [0, 0.1) is 0 Å². The summed E-state index contributed by atoms with van der Waals surface area (Å²) in [5.74, 6) is 0.598. The highest BCUT2D eigenvalue weighted by atomic mass is 16.3. The van der Waals surface area contributed by atoms with Crippen LogP contribution in [0.15, 0.2) is 18.3 Å². The Bertz CT molecular complexity index is 415. The predicted octanol–water partition coefficient (Wildman–Crippen LogP) is 1.18. The Morgan fingerprint density at radius 3 is 2.74 bits per heavy atom. The lowest BCUT2D eigenvalue weighted by Crippen LogP contribution is -2.31. The van der Waals surface area contributed by atoms with Gasteiger partial charge in [-0.25, -0.2) is 4.98 Å².